The summed E-state index contributed by atoms with van der Waals surface area (Å²) in [5, 5.41) is 6.07. The van der Waals surface area contributed by atoms with E-state index in [-0.39, 0.29) is 11.7 Å². The number of amides is 1. The van der Waals surface area contributed by atoms with Crippen molar-refractivity contribution in [2.24, 2.45) is 0 Å². The molecule has 0 heterocycles. The van der Waals surface area contributed by atoms with E-state index in [1.54, 1.807) is 12.1 Å². The number of carbonyl (C=O) groups is 1. The van der Waals surface area contributed by atoms with Crippen molar-refractivity contribution < 1.29 is 9.18 Å². The number of halogens is 1. The molecule has 0 spiro atoms. The standard InChI is InChI=1S/C21H19FN2O/c1-15-3-2-4-16(13-15)14-21(25)24-20-11-9-19(10-12-20)23-18-7-5-17(22)6-8-18/h2-13,23H,14H2,1H3,(H,24,25). The predicted octanol–water partition coefficient (Wildman–Crippen LogP) is 5.06. The van der Waals surface area contributed by atoms with E-state index >= 15 is 0 Å². The molecule has 3 rings (SSSR count). The molecule has 0 aliphatic carbocycles. The normalized spacial score (nSPS) is 10.3. The Morgan fingerprint density at radius 2 is 1.48 bits per heavy atom. The first-order valence-corrected chi connectivity index (χ1v) is 8.06. The molecule has 0 bridgehead atoms. The van der Waals surface area contributed by atoms with Crippen LogP contribution in [-0.2, 0) is 11.2 Å². The van der Waals surface area contributed by atoms with Crippen LogP contribution in [0, 0.1) is 12.7 Å². The van der Waals surface area contributed by atoms with Crippen molar-refractivity contribution in [2.75, 3.05) is 10.6 Å². The van der Waals surface area contributed by atoms with Crippen molar-refractivity contribution in [2.45, 2.75) is 13.3 Å². The van der Waals surface area contributed by atoms with Gasteiger partial charge in [-0.2, -0.15) is 0 Å². The van der Waals surface area contributed by atoms with Gasteiger partial charge in [-0.3, -0.25) is 4.79 Å². The maximum Gasteiger partial charge on any atom is 0.228 e. The largest absolute Gasteiger partial charge is 0.356 e. The monoisotopic (exact) mass is 334 g/mol. The van der Waals surface area contributed by atoms with Crippen LogP contribution in [0.5, 0.6) is 0 Å². The minimum Gasteiger partial charge on any atom is -0.356 e. The summed E-state index contributed by atoms with van der Waals surface area (Å²) in [6, 6.07) is 21.5. The molecule has 3 aromatic carbocycles. The maximum atomic E-state index is 12.9. The molecular formula is C21H19FN2O. The van der Waals surface area contributed by atoms with E-state index in [0.29, 0.717) is 6.42 Å². The van der Waals surface area contributed by atoms with Crippen molar-refractivity contribution in [3.8, 4) is 0 Å². The maximum absolute atomic E-state index is 12.9. The third-order valence-corrected chi connectivity index (χ3v) is 3.75. The van der Waals surface area contributed by atoms with Gasteiger partial charge in [0.25, 0.3) is 0 Å². The number of nitrogens with one attached hydrogen (secondary N) is 2. The second-order valence-corrected chi connectivity index (χ2v) is 5.92. The van der Waals surface area contributed by atoms with E-state index in [2.05, 4.69) is 10.6 Å². The molecule has 0 unspecified atom stereocenters. The van der Waals surface area contributed by atoms with Gasteiger partial charge in [-0.1, -0.05) is 29.8 Å². The van der Waals surface area contributed by atoms with Crippen molar-refractivity contribution in [1.29, 1.82) is 0 Å². The Morgan fingerprint density at radius 3 is 2.12 bits per heavy atom. The molecule has 0 aliphatic heterocycles. The zero-order valence-electron chi connectivity index (χ0n) is 13.9. The molecule has 0 aromatic heterocycles. The number of rotatable bonds is 5. The van der Waals surface area contributed by atoms with E-state index in [1.165, 1.54) is 12.1 Å². The van der Waals surface area contributed by atoms with Crippen LogP contribution < -0.4 is 10.6 Å². The second kappa shape index (κ2) is 7.62. The fraction of sp³-hybridized carbons (Fsp3) is 0.0952. The van der Waals surface area contributed by atoms with E-state index < -0.39 is 0 Å². The molecule has 0 atom stereocenters. The minimum absolute atomic E-state index is 0.0511. The fourth-order valence-electron chi connectivity index (χ4n) is 2.55. The number of carbonyl (C=O) groups excluding carboxylic acids is 1. The van der Waals surface area contributed by atoms with E-state index in [4.69, 9.17) is 0 Å². The van der Waals surface area contributed by atoms with Gasteiger partial charge in [0.15, 0.2) is 0 Å². The summed E-state index contributed by atoms with van der Waals surface area (Å²) in [5.41, 5.74) is 4.54. The molecule has 2 N–H and O–H groups in total. The van der Waals surface area contributed by atoms with Gasteiger partial charge in [0.05, 0.1) is 6.42 Å². The Labute approximate surface area is 146 Å². The van der Waals surface area contributed by atoms with Gasteiger partial charge < -0.3 is 10.6 Å². The van der Waals surface area contributed by atoms with Crippen LogP contribution in [0.25, 0.3) is 0 Å². The number of anilines is 3. The Hall–Kier alpha value is -3.14. The molecule has 126 valence electrons. The lowest BCUT2D eigenvalue weighted by Crippen LogP contribution is -2.14. The fourth-order valence-corrected chi connectivity index (χ4v) is 2.55. The first-order valence-electron chi connectivity index (χ1n) is 8.06. The van der Waals surface area contributed by atoms with Gasteiger partial charge in [-0.05, 0) is 61.0 Å². The van der Waals surface area contributed by atoms with Gasteiger partial charge in [0.2, 0.25) is 5.91 Å². The van der Waals surface area contributed by atoms with Crippen molar-refractivity contribution in [1.82, 2.24) is 0 Å². The lowest BCUT2D eigenvalue weighted by Gasteiger charge is -2.09. The summed E-state index contributed by atoms with van der Waals surface area (Å²) in [6.45, 7) is 2.01. The lowest BCUT2D eigenvalue weighted by molar-refractivity contribution is -0.115. The number of hydrogen-bond acceptors (Lipinski definition) is 2. The number of hydrogen-bond donors (Lipinski definition) is 2. The smallest absolute Gasteiger partial charge is 0.228 e. The highest BCUT2D eigenvalue weighted by Crippen LogP contribution is 2.19. The highest BCUT2D eigenvalue weighted by atomic mass is 19.1. The first-order chi connectivity index (χ1) is 12.1. The van der Waals surface area contributed by atoms with E-state index in [1.807, 2.05) is 55.5 Å². The van der Waals surface area contributed by atoms with Crippen LogP contribution in [-0.4, -0.2) is 5.91 Å². The van der Waals surface area contributed by atoms with Crippen LogP contribution >= 0.6 is 0 Å². The predicted molar refractivity (Wildman–Crippen MR) is 99.6 cm³/mol. The van der Waals surface area contributed by atoms with Crippen LogP contribution in [0.3, 0.4) is 0 Å². The summed E-state index contributed by atoms with van der Waals surface area (Å²) in [6.07, 6.45) is 0.345. The zero-order chi connectivity index (χ0) is 17.6. The summed E-state index contributed by atoms with van der Waals surface area (Å²) in [5.74, 6) is -0.318. The van der Waals surface area contributed by atoms with Gasteiger partial charge in [0.1, 0.15) is 5.82 Å². The molecule has 3 nitrogen and oxygen atoms in total. The zero-order valence-corrected chi connectivity index (χ0v) is 13.9. The Kier molecular flexibility index (Phi) is 5.09. The summed E-state index contributed by atoms with van der Waals surface area (Å²) < 4.78 is 12.9. The third-order valence-electron chi connectivity index (χ3n) is 3.75. The SMILES string of the molecule is Cc1cccc(CC(=O)Nc2ccc(Nc3ccc(F)cc3)cc2)c1. The van der Waals surface area contributed by atoms with Crippen LogP contribution in [0.15, 0.2) is 72.8 Å². The molecule has 25 heavy (non-hydrogen) atoms. The highest BCUT2D eigenvalue weighted by molar-refractivity contribution is 5.92. The van der Waals surface area contributed by atoms with Gasteiger partial charge >= 0.3 is 0 Å². The first kappa shape index (κ1) is 16.7. The molecule has 0 fully saturated rings. The Morgan fingerprint density at radius 1 is 0.880 bits per heavy atom. The van der Waals surface area contributed by atoms with Crippen LogP contribution in [0.2, 0.25) is 0 Å². The topological polar surface area (TPSA) is 41.1 Å². The highest BCUT2D eigenvalue weighted by Gasteiger charge is 2.04. The van der Waals surface area contributed by atoms with Crippen molar-refractivity contribution in [3.05, 3.63) is 89.7 Å². The average Bonchev–Trinajstić information content (AvgIpc) is 2.59. The van der Waals surface area contributed by atoms with Gasteiger partial charge in [-0.25, -0.2) is 4.39 Å². The molecule has 4 heteroatoms. The Bertz CT molecular complexity index is 858. The lowest BCUT2D eigenvalue weighted by atomic mass is 10.1. The molecule has 1 amide bonds. The molecule has 0 aliphatic rings. The van der Waals surface area contributed by atoms with Crippen LogP contribution in [0.1, 0.15) is 11.1 Å². The van der Waals surface area contributed by atoms with Crippen LogP contribution in [0.4, 0.5) is 21.5 Å². The quantitative estimate of drug-likeness (QED) is 0.685. The molecule has 0 saturated heterocycles. The van der Waals surface area contributed by atoms with Crippen molar-refractivity contribution >= 4 is 23.0 Å². The molecule has 0 saturated carbocycles. The molecule has 0 radical (unpaired) electrons. The number of aryl methyl sites for hydroxylation is 1. The third kappa shape index (κ3) is 4.91. The molecular weight excluding hydrogens is 315 g/mol. The number of benzene rings is 3. The van der Waals surface area contributed by atoms with Gasteiger partial charge in [0, 0.05) is 17.1 Å². The second-order valence-electron chi connectivity index (χ2n) is 5.92. The van der Waals surface area contributed by atoms with E-state index in [0.717, 1.165) is 28.2 Å². The minimum atomic E-state index is -0.266. The molecule has 3 aromatic rings. The van der Waals surface area contributed by atoms with Gasteiger partial charge in [-0.15, -0.1) is 0 Å². The summed E-state index contributed by atoms with van der Waals surface area (Å²) >= 11 is 0. The Balaban J connectivity index is 1.58. The van der Waals surface area contributed by atoms with E-state index in [9.17, 15) is 9.18 Å². The average molecular weight is 334 g/mol. The summed E-state index contributed by atoms with van der Waals surface area (Å²) in [4.78, 5) is 12.1. The summed E-state index contributed by atoms with van der Waals surface area (Å²) in [7, 11) is 0. The van der Waals surface area contributed by atoms with Crippen molar-refractivity contribution in [3.63, 3.8) is 0 Å².